The Hall–Kier alpha value is -3.07. The van der Waals surface area contributed by atoms with Crippen molar-refractivity contribution < 1.29 is 9.90 Å². The van der Waals surface area contributed by atoms with Crippen LogP contribution in [0.4, 0.5) is 5.69 Å². The van der Waals surface area contributed by atoms with E-state index in [1.54, 1.807) is 6.07 Å². The average molecular weight is 359 g/mol. The van der Waals surface area contributed by atoms with E-state index in [0.29, 0.717) is 0 Å². The van der Waals surface area contributed by atoms with E-state index < -0.39 is 0 Å². The van der Waals surface area contributed by atoms with Gasteiger partial charge < -0.3 is 10.4 Å². The highest BCUT2D eigenvalue weighted by atomic mass is 16.3. The van der Waals surface area contributed by atoms with Crippen LogP contribution in [0.1, 0.15) is 38.3 Å². The normalized spacial score (nSPS) is 11.8. The summed E-state index contributed by atoms with van der Waals surface area (Å²) in [4.78, 5) is 12.2. The first-order chi connectivity index (χ1) is 12.9. The molecule has 2 N–H and O–H groups in total. The highest BCUT2D eigenvalue weighted by Gasteiger charge is 2.25. The molecule has 0 aliphatic heterocycles. The molecule has 1 amide bonds. The number of anilines is 1. The third-order valence-electron chi connectivity index (χ3n) is 5.02. The zero-order valence-electron chi connectivity index (χ0n) is 16.0. The molecule has 0 aromatic heterocycles. The first kappa shape index (κ1) is 18.7. The predicted molar refractivity (Wildman–Crippen MR) is 114 cm³/mol. The Balaban J connectivity index is 1.73. The number of nitrogens with one attached hydrogen (secondary N) is 1. The fourth-order valence-electron chi connectivity index (χ4n) is 2.71. The molecule has 0 unspecified atom stereocenters. The number of phenols is 1. The molecule has 0 atom stereocenters. The van der Waals surface area contributed by atoms with Gasteiger partial charge in [-0.1, -0.05) is 69.3 Å². The molecule has 0 saturated carbocycles. The first-order valence-corrected chi connectivity index (χ1v) is 9.20. The maximum atomic E-state index is 12.2. The van der Waals surface area contributed by atoms with Gasteiger partial charge in [-0.15, -0.1) is 0 Å². The molecular formula is C24H25NO2. The van der Waals surface area contributed by atoms with Gasteiger partial charge in [0.15, 0.2) is 0 Å². The second-order valence-corrected chi connectivity index (χ2v) is 7.40. The smallest absolute Gasteiger partial charge is 0.230 e. The van der Waals surface area contributed by atoms with Crippen molar-refractivity contribution in [2.45, 2.75) is 27.2 Å². The van der Waals surface area contributed by atoms with E-state index in [1.807, 2.05) is 87.5 Å². The molecule has 3 heteroatoms. The van der Waals surface area contributed by atoms with Crippen LogP contribution in [0.15, 0.2) is 60.7 Å². The van der Waals surface area contributed by atoms with E-state index in [0.717, 1.165) is 34.0 Å². The van der Waals surface area contributed by atoms with Crippen LogP contribution >= 0.6 is 0 Å². The summed E-state index contributed by atoms with van der Waals surface area (Å²) in [7, 11) is 0. The van der Waals surface area contributed by atoms with Gasteiger partial charge in [0.05, 0.1) is 0 Å². The van der Waals surface area contributed by atoms with Gasteiger partial charge in [-0.2, -0.15) is 0 Å². The lowest BCUT2D eigenvalue weighted by atomic mass is 9.89. The predicted octanol–water partition coefficient (Wildman–Crippen LogP) is 6.09. The zero-order valence-corrected chi connectivity index (χ0v) is 16.0. The van der Waals surface area contributed by atoms with Crippen molar-refractivity contribution in [1.29, 1.82) is 0 Å². The second kappa shape index (κ2) is 7.67. The molecular weight excluding hydrogens is 334 g/mol. The number of benzene rings is 3. The monoisotopic (exact) mass is 359 g/mol. The largest absolute Gasteiger partial charge is 0.507 e. The minimum atomic E-state index is -0.375. The lowest BCUT2D eigenvalue weighted by molar-refractivity contribution is -0.124. The highest BCUT2D eigenvalue weighted by Crippen LogP contribution is 2.26. The van der Waals surface area contributed by atoms with Gasteiger partial charge in [-0.25, -0.2) is 0 Å². The number of hydrogen-bond acceptors (Lipinski definition) is 2. The lowest BCUT2D eigenvalue weighted by Crippen LogP contribution is -2.29. The third-order valence-corrected chi connectivity index (χ3v) is 5.02. The maximum Gasteiger partial charge on any atom is 0.230 e. The third kappa shape index (κ3) is 4.37. The van der Waals surface area contributed by atoms with Gasteiger partial charge in [0, 0.05) is 16.5 Å². The summed E-state index contributed by atoms with van der Waals surface area (Å²) in [5.74, 6) is 0.321. The summed E-state index contributed by atoms with van der Waals surface area (Å²) in [5, 5.41) is 14.8. The van der Waals surface area contributed by atoms with E-state index in [4.69, 9.17) is 0 Å². The summed E-state index contributed by atoms with van der Waals surface area (Å²) in [6, 6.07) is 19.3. The van der Waals surface area contributed by atoms with Crippen molar-refractivity contribution in [3.63, 3.8) is 0 Å². The van der Waals surface area contributed by atoms with Crippen molar-refractivity contribution >= 4 is 34.5 Å². The molecule has 27 heavy (non-hydrogen) atoms. The fourth-order valence-corrected chi connectivity index (χ4v) is 2.71. The lowest BCUT2D eigenvalue weighted by Gasteiger charge is -2.21. The van der Waals surface area contributed by atoms with Crippen LogP contribution in [0, 0.1) is 5.41 Å². The summed E-state index contributed by atoms with van der Waals surface area (Å²) in [6.07, 6.45) is 4.82. The van der Waals surface area contributed by atoms with Gasteiger partial charge in [0.1, 0.15) is 5.75 Å². The first-order valence-electron chi connectivity index (χ1n) is 9.20. The van der Waals surface area contributed by atoms with Crippen molar-refractivity contribution in [3.05, 3.63) is 71.8 Å². The van der Waals surface area contributed by atoms with Crippen molar-refractivity contribution in [3.8, 4) is 5.75 Å². The quantitative estimate of drug-likeness (QED) is 0.542. The molecule has 3 aromatic carbocycles. The Labute approximate surface area is 160 Å². The van der Waals surface area contributed by atoms with E-state index >= 15 is 0 Å². The maximum absolute atomic E-state index is 12.2. The molecule has 0 fully saturated rings. The number of carbonyl (C=O) groups excluding carboxylic acids is 1. The molecule has 3 rings (SSSR count). The molecule has 0 aliphatic rings. The number of fused-ring (bicyclic) bond motifs is 1. The van der Waals surface area contributed by atoms with Crippen LogP contribution in [0.5, 0.6) is 5.75 Å². The Kier molecular flexibility index (Phi) is 5.31. The molecule has 0 heterocycles. The Bertz CT molecular complexity index is 985. The van der Waals surface area contributed by atoms with E-state index in [9.17, 15) is 9.90 Å². The molecule has 138 valence electrons. The van der Waals surface area contributed by atoms with Crippen LogP contribution in [-0.4, -0.2) is 11.0 Å². The zero-order chi connectivity index (χ0) is 19.4. The average Bonchev–Trinajstić information content (AvgIpc) is 2.68. The summed E-state index contributed by atoms with van der Waals surface area (Å²) >= 11 is 0. The van der Waals surface area contributed by atoms with Crippen molar-refractivity contribution in [1.82, 2.24) is 0 Å². The molecule has 3 aromatic rings. The number of carbonyl (C=O) groups is 1. The van der Waals surface area contributed by atoms with Crippen molar-refractivity contribution in [2.24, 2.45) is 5.41 Å². The van der Waals surface area contributed by atoms with Gasteiger partial charge in [-0.3, -0.25) is 4.79 Å². The van der Waals surface area contributed by atoms with Gasteiger partial charge >= 0.3 is 0 Å². The van der Waals surface area contributed by atoms with Crippen molar-refractivity contribution in [2.75, 3.05) is 5.32 Å². The summed E-state index contributed by atoms with van der Waals surface area (Å²) < 4.78 is 0. The van der Waals surface area contributed by atoms with Gasteiger partial charge in [0.25, 0.3) is 0 Å². The van der Waals surface area contributed by atoms with E-state index in [1.165, 1.54) is 0 Å². The minimum Gasteiger partial charge on any atom is -0.507 e. The molecule has 0 saturated heterocycles. The molecule has 3 nitrogen and oxygen atoms in total. The van der Waals surface area contributed by atoms with E-state index in [-0.39, 0.29) is 17.1 Å². The number of hydrogen-bond donors (Lipinski definition) is 2. The number of amides is 1. The van der Waals surface area contributed by atoms with Gasteiger partial charge in [0.2, 0.25) is 5.91 Å². The Morgan fingerprint density at radius 3 is 2.37 bits per heavy atom. The fraction of sp³-hybridized carbons (Fsp3) is 0.208. The standard InChI is InChI=1S/C24H25NO2/c1-4-24(2,3)23(27)25-20-14-11-17(12-15-20)8-9-18-10-13-19-6-5-7-22(26)21(19)16-18/h5-16,26H,4H2,1-3H3,(H,25,27). The highest BCUT2D eigenvalue weighted by molar-refractivity contribution is 5.95. The summed E-state index contributed by atoms with van der Waals surface area (Å²) in [5.41, 5.74) is 2.49. The Morgan fingerprint density at radius 2 is 1.67 bits per heavy atom. The van der Waals surface area contributed by atoms with E-state index in [2.05, 4.69) is 5.32 Å². The summed E-state index contributed by atoms with van der Waals surface area (Å²) in [6.45, 7) is 5.90. The molecule has 0 radical (unpaired) electrons. The number of rotatable bonds is 5. The molecule has 0 bridgehead atoms. The Morgan fingerprint density at radius 1 is 1.00 bits per heavy atom. The second-order valence-electron chi connectivity index (χ2n) is 7.40. The number of phenolic OH excluding ortho intramolecular Hbond substituents is 1. The van der Waals surface area contributed by atoms with Crippen LogP contribution in [0.2, 0.25) is 0 Å². The van der Waals surface area contributed by atoms with Gasteiger partial charge in [-0.05, 0) is 47.2 Å². The number of aromatic hydroxyl groups is 1. The van der Waals surface area contributed by atoms with Crippen LogP contribution in [-0.2, 0) is 4.79 Å². The minimum absolute atomic E-state index is 0.0317. The topological polar surface area (TPSA) is 49.3 Å². The molecule has 0 aliphatic carbocycles. The van der Waals surface area contributed by atoms with Crippen LogP contribution < -0.4 is 5.32 Å². The molecule has 0 spiro atoms. The van der Waals surface area contributed by atoms with Crippen LogP contribution in [0.25, 0.3) is 22.9 Å². The SMILES string of the molecule is CCC(C)(C)C(=O)Nc1ccc(C=Cc2ccc3cccc(O)c3c2)cc1. The van der Waals surface area contributed by atoms with Crippen LogP contribution in [0.3, 0.4) is 0 Å².